The molecule has 148 valence electrons. The van der Waals surface area contributed by atoms with E-state index in [-0.39, 0.29) is 0 Å². The van der Waals surface area contributed by atoms with Crippen LogP contribution in [0.15, 0.2) is 29.4 Å². The Labute approximate surface area is 161 Å². The summed E-state index contributed by atoms with van der Waals surface area (Å²) in [6, 6.07) is 5.97. The number of hydrogen-bond acceptors (Lipinski definition) is 4. The number of ether oxygens (including phenoxy) is 1. The molecule has 3 rings (SSSR count). The number of aryl methyl sites for hydroxylation is 1. The van der Waals surface area contributed by atoms with Crippen LogP contribution < -0.4 is 10.6 Å². The van der Waals surface area contributed by atoms with Crippen LogP contribution in [0.4, 0.5) is 0 Å². The Morgan fingerprint density at radius 1 is 1.30 bits per heavy atom. The van der Waals surface area contributed by atoms with Gasteiger partial charge in [-0.05, 0) is 50.2 Å². The smallest absolute Gasteiger partial charge is 0.191 e. The third-order valence-corrected chi connectivity index (χ3v) is 5.42. The number of methoxy groups -OCH3 is 1. The topological polar surface area (TPSA) is 75.8 Å². The van der Waals surface area contributed by atoms with Crippen LogP contribution in [0.5, 0.6) is 0 Å². The molecule has 2 N–H and O–H groups in total. The molecule has 0 bridgehead atoms. The number of guanidine groups is 1. The number of aliphatic imine (C=N–C) groups is 1. The zero-order chi connectivity index (χ0) is 19.0. The van der Waals surface area contributed by atoms with Gasteiger partial charge in [-0.25, -0.2) is 0 Å². The molecule has 1 fully saturated rings. The summed E-state index contributed by atoms with van der Waals surface area (Å²) in [5.41, 5.74) is 1.25. The Morgan fingerprint density at radius 2 is 2.19 bits per heavy atom. The van der Waals surface area contributed by atoms with Crippen LogP contribution in [0, 0.1) is 5.41 Å². The van der Waals surface area contributed by atoms with E-state index >= 15 is 0 Å². The normalized spacial score (nSPS) is 16.3. The van der Waals surface area contributed by atoms with E-state index in [1.807, 2.05) is 24.4 Å². The molecule has 0 spiro atoms. The van der Waals surface area contributed by atoms with Gasteiger partial charge in [0.2, 0.25) is 0 Å². The minimum atomic E-state index is 0.346. The molecule has 0 amide bonds. The van der Waals surface area contributed by atoms with Crippen LogP contribution in [-0.4, -0.2) is 53.9 Å². The standard InChI is InChI=1S/C20H32N6O/c1-3-21-19(23-16-20(10-7-11-20)12-15-27-2)22-13-6-9-18-25-24-17-8-4-5-14-26(17)18/h4-5,8,14H,3,6-7,9-13,15-16H2,1-2H3,(H2,21,22,23). The number of aromatic nitrogens is 3. The molecule has 2 aromatic rings. The van der Waals surface area contributed by atoms with Crippen LogP contribution in [0.3, 0.4) is 0 Å². The zero-order valence-electron chi connectivity index (χ0n) is 16.6. The van der Waals surface area contributed by atoms with Crippen LogP contribution in [0.25, 0.3) is 5.65 Å². The fourth-order valence-electron chi connectivity index (χ4n) is 3.59. The molecule has 0 aliphatic heterocycles. The molecule has 0 atom stereocenters. The maximum Gasteiger partial charge on any atom is 0.191 e. The van der Waals surface area contributed by atoms with E-state index in [1.165, 1.54) is 19.3 Å². The Balaban J connectivity index is 1.47. The summed E-state index contributed by atoms with van der Waals surface area (Å²) in [6.45, 7) is 5.53. The van der Waals surface area contributed by atoms with Crippen molar-refractivity contribution in [3.05, 3.63) is 30.2 Å². The average molecular weight is 373 g/mol. The second kappa shape index (κ2) is 9.69. The first-order valence-electron chi connectivity index (χ1n) is 10.1. The number of pyridine rings is 1. The van der Waals surface area contributed by atoms with Gasteiger partial charge >= 0.3 is 0 Å². The van der Waals surface area contributed by atoms with Crippen LogP contribution in [0.1, 0.15) is 44.9 Å². The largest absolute Gasteiger partial charge is 0.385 e. The van der Waals surface area contributed by atoms with Crippen molar-refractivity contribution >= 4 is 11.6 Å². The number of rotatable bonds is 10. The van der Waals surface area contributed by atoms with Gasteiger partial charge in [-0.15, -0.1) is 10.2 Å². The summed E-state index contributed by atoms with van der Waals surface area (Å²) in [7, 11) is 1.78. The lowest BCUT2D eigenvalue weighted by molar-refractivity contribution is 0.0778. The number of fused-ring (bicyclic) bond motifs is 1. The average Bonchev–Trinajstić information content (AvgIpc) is 3.07. The number of nitrogens with one attached hydrogen (secondary N) is 2. The molecule has 2 aromatic heterocycles. The molecule has 27 heavy (non-hydrogen) atoms. The van der Waals surface area contributed by atoms with E-state index in [0.717, 1.165) is 62.9 Å². The molecule has 7 nitrogen and oxygen atoms in total. The lowest BCUT2D eigenvalue weighted by atomic mass is 9.67. The zero-order valence-corrected chi connectivity index (χ0v) is 16.6. The van der Waals surface area contributed by atoms with Crippen LogP contribution >= 0.6 is 0 Å². The first-order chi connectivity index (χ1) is 13.3. The summed E-state index contributed by atoms with van der Waals surface area (Å²) in [4.78, 5) is 4.85. The Hall–Kier alpha value is -2.15. The second-order valence-corrected chi connectivity index (χ2v) is 7.37. The fourth-order valence-corrected chi connectivity index (χ4v) is 3.59. The van der Waals surface area contributed by atoms with Crippen LogP contribution in [0.2, 0.25) is 0 Å². The molecule has 1 aliphatic carbocycles. The highest BCUT2D eigenvalue weighted by molar-refractivity contribution is 5.79. The first kappa shape index (κ1) is 19.6. The van der Waals surface area contributed by atoms with Crippen molar-refractivity contribution in [1.29, 1.82) is 0 Å². The molecule has 7 heteroatoms. The summed E-state index contributed by atoms with van der Waals surface area (Å²) < 4.78 is 7.33. The molecular formula is C20H32N6O. The Morgan fingerprint density at radius 3 is 2.93 bits per heavy atom. The maximum absolute atomic E-state index is 5.28. The highest BCUT2D eigenvalue weighted by atomic mass is 16.5. The van der Waals surface area contributed by atoms with Gasteiger partial charge in [0.1, 0.15) is 5.82 Å². The monoisotopic (exact) mass is 372 g/mol. The Kier molecular flexibility index (Phi) is 7.04. The molecule has 0 aromatic carbocycles. The van der Waals surface area contributed by atoms with Crippen molar-refractivity contribution in [1.82, 2.24) is 25.2 Å². The highest BCUT2D eigenvalue weighted by Crippen LogP contribution is 2.44. The van der Waals surface area contributed by atoms with Gasteiger partial charge in [0.05, 0.1) is 0 Å². The van der Waals surface area contributed by atoms with Crippen molar-refractivity contribution < 1.29 is 4.74 Å². The van der Waals surface area contributed by atoms with E-state index in [4.69, 9.17) is 9.73 Å². The fraction of sp³-hybridized carbons (Fsp3) is 0.650. The number of hydrogen-bond donors (Lipinski definition) is 2. The highest BCUT2D eigenvalue weighted by Gasteiger charge is 2.36. The summed E-state index contributed by atoms with van der Waals surface area (Å²) in [5.74, 6) is 1.91. The molecule has 1 saturated carbocycles. The Bertz CT molecular complexity index is 737. The molecule has 0 radical (unpaired) electrons. The third-order valence-electron chi connectivity index (χ3n) is 5.42. The summed E-state index contributed by atoms with van der Waals surface area (Å²) in [6.07, 6.45) is 8.83. The van der Waals surface area contributed by atoms with Crippen molar-refractivity contribution in [2.45, 2.75) is 45.4 Å². The van der Waals surface area contributed by atoms with E-state index in [9.17, 15) is 0 Å². The predicted molar refractivity (Wildman–Crippen MR) is 108 cm³/mol. The lowest BCUT2D eigenvalue weighted by Crippen LogP contribution is -2.40. The van der Waals surface area contributed by atoms with Crippen molar-refractivity contribution in [2.24, 2.45) is 10.4 Å². The SMILES string of the molecule is CCNC(=NCC1(CCOC)CCC1)NCCCc1nnc2ccccn12. The summed E-state index contributed by atoms with van der Waals surface area (Å²) in [5, 5.41) is 15.3. The van der Waals surface area contributed by atoms with E-state index in [1.54, 1.807) is 7.11 Å². The molecule has 0 saturated heterocycles. The first-order valence-corrected chi connectivity index (χ1v) is 10.1. The maximum atomic E-state index is 5.28. The van der Waals surface area contributed by atoms with Gasteiger partial charge in [0.15, 0.2) is 11.6 Å². The third kappa shape index (κ3) is 5.19. The van der Waals surface area contributed by atoms with E-state index in [2.05, 4.69) is 32.2 Å². The van der Waals surface area contributed by atoms with Gasteiger partial charge in [0.25, 0.3) is 0 Å². The molecule has 0 unspecified atom stereocenters. The minimum Gasteiger partial charge on any atom is -0.385 e. The molecule has 2 heterocycles. The predicted octanol–water partition coefficient (Wildman–Crippen LogP) is 2.42. The quantitative estimate of drug-likeness (QED) is 0.381. The summed E-state index contributed by atoms with van der Waals surface area (Å²) >= 11 is 0. The van der Waals surface area contributed by atoms with Crippen molar-refractivity contribution in [3.8, 4) is 0 Å². The van der Waals surface area contributed by atoms with Gasteiger partial charge in [-0.3, -0.25) is 9.39 Å². The second-order valence-electron chi connectivity index (χ2n) is 7.37. The van der Waals surface area contributed by atoms with E-state index in [0.29, 0.717) is 5.41 Å². The number of nitrogens with zero attached hydrogens (tertiary/aromatic N) is 4. The van der Waals surface area contributed by atoms with Gasteiger partial charge < -0.3 is 15.4 Å². The van der Waals surface area contributed by atoms with Gasteiger partial charge in [-0.2, -0.15) is 0 Å². The van der Waals surface area contributed by atoms with Crippen molar-refractivity contribution in [3.63, 3.8) is 0 Å². The van der Waals surface area contributed by atoms with Crippen molar-refractivity contribution in [2.75, 3.05) is 33.4 Å². The van der Waals surface area contributed by atoms with Gasteiger partial charge in [-0.1, -0.05) is 12.5 Å². The minimum absolute atomic E-state index is 0.346. The van der Waals surface area contributed by atoms with Crippen LogP contribution in [-0.2, 0) is 11.2 Å². The van der Waals surface area contributed by atoms with E-state index < -0.39 is 0 Å². The molecule has 1 aliphatic rings. The molecular weight excluding hydrogens is 340 g/mol. The van der Waals surface area contributed by atoms with Gasteiger partial charge in [0, 0.05) is 46.0 Å². The lowest BCUT2D eigenvalue weighted by Gasteiger charge is -2.40.